The largest absolute Gasteiger partial charge is 0.454 e. The normalized spacial score (nSPS) is 12.0. The van der Waals surface area contributed by atoms with Gasteiger partial charge in [-0.05, 0) is 70.9 Å². The number of hydrogen-bond donors (Lipinski definition) is 3. The Hall–Kier alpha value is -5.54. The van der Waals surface area contributed by atoms with Gasteiger partial charge in [0.05, 0.1) is 5.75 Å². The van der Waals surface area contributed by atoms with Crippen LogP contribution in [0, 0.1) is 0 Å². The van der Waals surface area contributed by atoms with E-state index >= 15 is 0 Å². The number of carbonyl (C=O) groups excluding carboxylic acids is 3. The van der Waals surface area contributed by atoms with Crippen LogP contribution in [0.2, 0.25) is 0 Å². The second kappa shape index (κ2) is 13.2. The van der Waals surface area contributed by atoms with Crippen molar-refractivity contribution in [2.24, 2.45) is 0 Å². The SMILES string of the molecule is O=C(CSc1ccc(NC(=O)/C(=C/c2cccc3ccccc23)NC(=O)c2ccccc2)cc1)Nc1ccc2c(c1)OCO2. The van der Waals surface area contributed by atoms with Crippen LogP contribution in [0.25, 0.3) is 16.8 Å². The van der Waals surface area contributed by atoms with Gasteiger partial charge in [-0.2, -0.15) is 0 Å². The highest BCUT2D eigenvalue weighted by molar-refractivity contribution is 8.00. The van der Waals surface area contributed by atoms with Gasteiger partial charge in [-0.15, -0.1) is 11.8 Å². The minimum atomic E-state index is -0.467. The van der Waals surface area contributed by atoms with Crippen molar-refractivity contribution in [1.29, 1.82) is 0 Å². The summed E-state index contributed by atoms with van der Waals surface area (Å²) in [6.07, 6.45) is 1.68. The number of thioether (sulfide) groups is 1. The van der Waals surface area contributed by atoms with Crippen molar-refractivity contribution in [2.75, 3.05) is 23.2 Å². The molecule has 3 amide bonds. The van der Waals surface area contributed by atoms with Crippen molar-refractivity contribution >= 4 is 57.7 Å². The molecule has 0 atom stereocenters. The van der Waals surface area contributed by atoms with E-state index in [1.165, 1.54) is 11.8 Å². The highest BCUT2D eigenvalue weighted by Crippen LogP contribution is 2.34. The third-order valence-corrected chi connectivity index (χ3v) is 7.80. The monoisotopic (exact) mass is 601 g/mol. The van der Waals surface area contributed by atoms with Gasteiger partial charge in [0, 0.05) is 27.9 Å². The quantitative estimate of drug-likeness (QED) is 0.128. The fourth-order valence-corrected chi connectivity index (χ4v) is 5.33. The van der Waals surface area contributed by atoms with E-state index in [-0.39, 0.29) is 24.2 Å². The molecule has 44 heavy (non-hydrogen) atoms. The lowest BCUT2D eigenvalue weighted by molar-refractivity contribution is -0.114. The molecule has 0 fully saturated rings. The molecular formula is C35H27N3O5S. The second-order valence-electron chi connectivity index (χ2n) is 9.83. The Balaban J connectivity index is 1.13. The van der Waals surface area contributed by atoms with E-state index < -0.39 is 11.8 Å². The van der Waals surface area contributed by atoms with Crippen molar-refractivity contribution in [3.05, 3.63) is 132 Å². The first-order valence-electron chi connectivity index (χ1n) is 13.8. The third kappa shape index (κ3) is 6.91. The lowest BCUT2D eigenvalue weighted by atomic mass is 10.0. The number of fused-ring (bicyclic) bond motifs is 2. The first-order chi connectivity index (χ1) is 21.5. The fourth-order valence-electron chi connectivity index (χ4n) is 4.63. The Bertz CT molecular complexity index is 1870. The molecule has 0 aliphatic carbocycles. The number of anilines is 2. The Morgan fingerprint density at radius 2 is 1.45 bits per heavy atom. The standard InChI is InChI=1S/C35H27N3O5S/c39-33(36-27-15-18-31-32(20-27)43-22-42-31)21-44-28-16-13-26(14-17-28)37-35(41)30(38-34(40)24-8-2-1-3-9-24)19-25-11-6-10-23-7-4-5-12-29(23)25/h1-20H,21-22H2,(H,36,39)(H,37,41)(H,38,40)/b30-19-. The van der Waals surface area contributed by atoms with Crippen LogP contribution in [0.1, 0.15) is 15.9 Å². The van der Waals surface area contributed by atoms with Gasteiger partial charge in [0.25, 0.3) is 11.8 Å². The molecule has 8 nitrogen and oxygen atoms in total. The Kier molecular flexibility index (Phi) is 8.56. The summed E-state index contributed by atoms with van der Waals surface area (Å²) in [6, 6.07) is 34.8. The van der Waals surface area contributed by atoms with E-state index in [4.69, 9.17) is 9.47 Å². The topological polar surface area (TPSA) is 106 Å². The molecule has 0 spiro atoms. The molecule has 1 aliphatic rings. The summed E-state index contributed by atoms with van der Waals surface area (Å²) in [5, 5.41) is 10.5. The Morgan fingerprint density at radius 3 is 2.30 bits per heavy atom. The first-order valence-corrected chi connectivity index (χ1v) is 14.8. The Labute approximate surface area is 258 Å². The van der Waals surface area contributed by atoms with Gasteiger partial charge in [0.1, 0.15) is 5.70 Å². The van der Waals surface area contributed by atoms with Crippen molar-refractivity contribution in [1.82, 2.24) is 5.32 Å². The molecule has 0 bridgehead atoms. The van der Waals surface area contributed by atoms with Gasteiger partial charge in [-0.3, -0.25) is 14.4 Å². The van der Waals surface area contributed by atoms with Crippen LogP contribution in [0.15, 0.2) is 126 Å². The van der Waals surface area contributed by atoms with Gasteiger partial charge in [-0.1, -0.05) is 60.7 Å². The number of amides is 3. The van der Waals surface area contributed by atoms with Crippen LogP contribution in [0.5, 0.6) is 11.5 Å². The third-order valence-electron chi connectivity index (χ3n) is 6.79. The van der Waals surface area contributed by atoms with Gasteiger partial charge in [0.15, 0.2) is 11.5 Å². The summed E-state index contributed by atoms with van der Waals surface area (Å²) in [5.74, 6) is 0.429. The summed E-state index contributed by atoms with van der Waals surface area (Å²) in [6.45, 7) is 0.170. The average Bonchev–Trinajstić information content (AvgIpc) is 3.53. The molecule has 5 aromatic carbocycles. The number of nitrogens with one attached hydrogen (secondary N) is 3. The average molecular weight is 602 g/mol. The zero-order chi connectivity index (χ0) is 30.3. The molecule has 0 radical (unpaired) electrons. The smallest absolute Gasteiger partial charge is 0.272 e. The van der Waals surface area contributed by atoms with Gasteiger partial charge >= 0.3 is 0 Å². The number of ether oxygens (including phenoxy) is 2. The summed E-state index contributed by atoms with van der Waals surface area (Å²) in [4.78, 5) is 39.9. The number of rotatable bonds is 9. The van der Waals surface area contributed by atoms with E-state index in [0.717, 1.165) is 21.2 Å². The minimum Gasteiger partial charge on any atom is -0.454 e. The molecule has 1 aliphatic heterocycles. The summed E-state index contributed by atoms with van der Waals surface area (Å²) >= 11 is 1.37. The predicted molar refractivity (Wildman–Crippen MR) is 173 cm³/mol. The van der Waals surface area contributed by atoms with E-state index in [2.05, 4.69) is 16.0 Å². The molecule has 0 aromatic heterocycles. The maximum atomic E-state index is 13.5. The highest BCUT2D eigenvalue weighted by atomic mass is 32.2. The van der Waals surface area contributed by atoms with E-state index in [1.54, 1.807) is 60.7 Å². The summed E-state index contributed by atoms with van der Waals surface area (Å²) in [5.41, 5.74) is 2.51. The minimum absolute atomic E-state index is 0.105. The molecule has 9 heteroatoms. The first kappa shape index (κ1) is 28.6. The van der Waals surface area contributed by atoms with Crippen LogP contribution in [-0.4, -0.2) is 30.3 Å². The van der Waals surface area contributed by atoms with Crippen LogP contribution < -0.4 is 25.4 Å². The fraction of sp³-hybridized carbons (Fsp3) is 0.0571. The van der Waals surface area contributed by atoms with Crippen molar-refractivity contribution < 1.29 is 23.9 Å². The molecule has 0 unspecified atom stereocenters. The summed E-state index contributed by atoms with van der Waals surface area (Å²) in [7, 11) is 0. The molecule has 6 rings (SSSR count). The van der Waals surface area contributed by atoms with Crippen LogP contribution in [-0.2, 0) is 9.59 Å². The number of benzene rings is 5. The molecule has 0 saturated heterocycles. The lowest BCUT2D eigenvalue weighted by Crippen LogP contribution is -2.30. The Morgan fingerprint density at radius 1 is 0.727 bits per heavy atom. The molecule has 5 aromatic rings. The van der Waals surface area contributed by atoms with Crippen LogP contribution >= 0.6 is 11.8 Å². The molecule has 1 heterocycles. The molecular weight excluding hydrogens is 574 g/mol. The van der Waals surface area contributed by atoms with Crippen molar-refractivity contribution in [3.63, 3.8) is 0 Å². The predicted octanol–water partition coefficient (Wildman–Crippen LogP) is 6.71. The highest BCUT2D eigenvalue weighted by Gasteiger charge is 2.17. The van der Waals surface area contributed by atoms with Crippen molar-refractivity contribution in [3.8, 4) is 11.5 Å². The van der Waals surface area contributed by atoms with Gasteiger partial charge < -0.3 is 25.4 Å². The van der Waals surface area contributed by atoms with E-state index in [1.807, 2.05) is 60.7 Å². The van der Waals surface area contributed by atoms with E-state index in [9.17, 15) is 14.4 Å². The number of hydrogen-bond acceptors (Lipinski definition) is 6. The molecule has 3 N–H and O–H groups in total. The molecule has 0 saturated carbocycles. The summed E-state index contributed by atoms with van der Waals surface area (Å²) < 4.78 is 10.7. The lowest BCUT2D eigenvalue weighted by Gasteiger charge is -2.12. The van der Waals surface area contributed by atoms with Crippen molar-refractivity contribution in [2.45, 2.75) is 4.90 Å². The second-order valence-corrected chi connectivity index (χ2v) is 10.9. The maximum Gasteiger partial charge on any atom is 0.272 e. The van der Waals surface area contributed by atoms with Gasteiger partial charge in [0.2, 0.25) is 12.7 Å². The van der Waals surface area contributed by atoms with E-state index in [0.29, 0.717) is 28.4 Å². The molecule has 218 valence electrons. The zero-order valence-corrected chi connectivity index (χ0v) is 24.2. The van der Waals surface area contributed by atoms with Crippen LogP contribution in [0.3, 0.4) is 0 Å². The maximum absolute atomic E-state index is 13.5. The number of carbonyl (C=O) groups is 3. The zero-order valence-electron chi connectivity index (χ0n) is 23.4. The van der Waals surface area contributed by atoms with Gasteiger partial charge in [-0.25, -0.2) is 0 Å². The van der Waals surface area contributed by atoms with Crippen LogP contribution in [0.4, 0.5) is 11.4 Å².